The summed E-state index contributed by atoms with van der Waals surface area (Å²) in [6.45, 7) is 2.26. The summed E-state index contributed by atoms with van der Waals surface area (Å²) in [5, 5.41) is 14.7. The molecule has 0 spiro atoms. The largest absolute Gasteiger partial charge is 0.543 e. The maximum atomic E-state index is 12.9. The monoisotopic (exact) mass is 556 g/mol. The first-order valence-corrected chi connectivity index (χ1v) is 13.9. The Hall–Kier alpha value is -3.76. The number of halogens is 1. The number of carbonyl (C=O) groups excluding carboxylic acids is 3. The van der Waals surface area contributed by atoms with Crippen LogP contribution in [0.2, 0.25) is 5.02 Å². The number of sulfonamides is 1. The number of carboxylic acid groups (broad SMARTS) is 1. The Morgan fingerprint density at radius 3 is 2.37 bits per heavy atom. The Morgan fingerprint density at radius 1 is 0.947 bits per heavy atom. The first kappa shape index (κ1) is 28.8. The van der Waals surface area contributed by atoms with E-state index in [9.17, 15) is 27.9 Å². The molecule has 2 aromatic carbocycles. The summed E-state index contributed by atoms with van der Waals surface area (Å²) < 4.78 is 27.8. The molecule has 0 aliphatic carbocycles. The van der Waals surface area contributed by atoms with Crippen LogP contribution in [0, 0.1) is 0 Å². The molecule has 38 heavy (non-hydrogen) atoms. The summed E-state index contributed by atoms with van der Waals surface area (Å²) in [6, 6.07) is 13.8. The van der Waals surface area contributed by atoms with Crippen molar-refractivity contribution in [3.8, 4) is 0 Å². The molecule has 0 atom stereocenters. The quantitative estimate of drug-likeness (QED) is 0.326. The number of carbonyl (C=O) groups is 3. The minimum Gasteiger partial charge on any atom is -0.543 e. The van der Waals surface area contributed by atoms with Gasteiger partial charge in [-0.2, -0.15) is 0 Å². The molecule has 0 radical (unpaired) electrons. The molecule has 0 aliphatic rings. The number of aromatic carboxylic acids is 1. The van der Waals surface area contributed by atoms with Crippen molar-refractivity contribution in [3.05, 3.63) is 93.8 Å². The Balaban J connectivity index is 1.67. The Bertz CT molecular complexity index is 1420. The van der Waals surface area contributed by atoms with E-state index >= 15 is 0 Å². The highest BCUT2D eigenvalue weighted by Crippen LogP contribution is 2.16. The number of benzene rings is 2. The summed E-state index contributed by atoms with van der Waals surface area (Å²) in [7, 11) is -4.23. The molecule has 2 N–H and O–H groups in total. The highest BCUT2D eigenvalue weighted by Gasteiger charge is 2.20. The predicted octanol–water partition coefficient (Wildman–Crippen LogP) is 2.92. The van der Waals surface area contributed by atoms with E-state index in [2.05, 4.69) is 10.3 Å². The van der Waals surface area contributed by atoms with Crippen molar-refractivity contribution in [1.82, 2.24) is 15.0 Å². The Labute approximate surface area is 226 Å². The predicted molar refractivity (Wildman–Crippen MR) is 140 cm³/mol. The number of amides is 2. The molecular weight excluding hydrogens is 530 g/mol. The number of hydrogen-bond donors (Lipinski definition) is 2. The van der Waals surface area contributed by atoms with Gasteiger partial charge in [-0.15, -0.1) is 0 Å². The molecule has 3 aromatic rings. The van der Waals surface area contributed by atoms with Gasteiger partial charge in [0.15, 0.2) is 0 Å². The molecule has 0 bridgehead atoms. The van der Waals surface area contributed by atoms with Gasteiger partial charge >= 0.3 is 0 Å². The van der Waals surface area contributed by atoms with Crippen LogP contribution in [0.1, 0.15) is 68.5 Å². The van der Waals surface area contributed by atoms with Crippen LogP contribution >= 0.6 is 11.6 Å². The van der Waals surface area contributed by atoms with E-state index in [-0.39, 0.29) is 28.6 Å². The summed E-state index contributed by atoms with van der Waals surface area (Å²) in [4.78, 5) is 40.0. The number of aryl methyl sites for hydroxylation is 1. The van der Waals surface area contributed by atoms with Crippen LogP contribution in [0.4, 0.5) is 0 Å². The van der Waals surface area contributed by atoms with E-state index < -0.39 is 21.9 Å². The number of hydrogen-bond acceptors (Lipinski definition) is 7. The van der Waals surface area contributed by atoms with Crippen molar-refractivity contribution < 1.29 is 27.9 Å². The molecule has 0 aliphatic heterocycles. The molecule has 2 amide bonds. The lowest BCUT2D eigenvalue weighted by Crippen LogP contribution is -2.31. The van der Waals surface area contributed by atoms with Crippen LogP contribution in [0.3, 0.4) is 0 Å². The van der Waals surface area contributed by atoms with Gasteiger partial charge in [0.05, 0.1) is 22.1 Å². The summed E-state index contributed by atoms with van der Waals surface area (Å²) in [5.41, 5.74) is 1.05. The lowest BCUT2D eigenvalue weighted by molar-refractivity contribution is -0.255. The number of aromatic nitrogens is 1. The summed E-state index contributed by atoms with van der Waals surface area (Å²) >= 11 is 5.83. The van der Waals surface area contributed by atoms with Gasteiger partial charge in [0.1, 0.15) is 0 Å². The zero-order valence-electron chi connectivity index (χ0n) is 20.7. The lowest BCUT2D eigenvalue weighted by Gasteiger charge is -2.12. The smallest absolute Gasteiger partial charge is 0.266 e. The average Bonchev–Trinajstić information content (AvgIpc) is 2.89. The fourth-order valence-electron chi connectivity index (χ4n) is 3.71. The molecule has 11 heteroatoms. The van der Waals surface area contributed by atoms with Gasteiger partial charge in [0.2, 0.25) is 0 Å². The zero-order chi connectivity index (χ0) is 27.7. The molecule has 3 rings (SSSR count). The molecular formula is C27H27ClN3O6S-. The van der Waals surface area contributed by atoms with Gasteiger partial charge < -0.3 is 15.2 Å². The van der Waals surface area contributed by atoms with Gasteiger partial charge in [-0.3, -0.25) is 14.6 Å². The normalized spacial score (nSPS) is 11.1. The number of carboxylic acids is 1. The van der Waals surface area contributed by atoms with Crippen molar-refractivity contribution in [2.75, 3.05) is 6.54 Å². The third-order valence-electron chi connectivity index (χ3n) is 5.71. The second-order valence-electron chi connectivity index (χ2n) is 8.57. The Morgan fingerprint density at radius 2 is 1.68 bits per heavy atom. The molecule has 0 unspecified atom stereocenters. The minimum absolute atomic E-state index is 0.0776. The topological polar surface area (TPSA) is 145 Å². The van der Waals surface area contributed by atoms with E-state index in [1.807, 2.05) is 11.6 Å². The van der Waals surface area contributed by atoms with Crippen LogP contribution in [0.25, 0.3) is 0 Å². The zero-order valence-corrected chi connectivity index (χ0v) is 22.3. The first-order valence-electron chi connectivity index (χ1n) is 12.0. The second-order valence-corrected chi connectivity index (χ2v) is 10.7. The number of nitrogens with zero attached hydrogens (tertiary/aromatic N) is 1. The van der Waals surface area contributed by atoms with Crippen LogP contribution in [0.15, 0.2) is 65.7 Å². The van der Waals surface area contributed by atoms with E-state index in [4.69, 9.17) is 11.6 Å². The van der Waals surface area contributed by atoms with Gasteiger partial charge in [-0.05, 0) is 72.9 Å². The maximum Gasteiger partial charge on any atom is 0.266 e. The van der Waals surface area contributed by atoms with Crippen LogP contribution in [-0.2, 0) is 22.9 Å². The molecule has 1 aromatic heterocycles. The number of pyridine rings is 1. The van der Waals surface area contributed by atoms with Crippen molar-refractivity contribution in [3.63, 3.8) is 0 Å². The van der Waals surface area contributed by atoms with Gasteiger partial charge in [0.25, 0.3) is 21.8 Å². The average molecular weight is 557 g/mol. The molecule has 0 saturated heterocycles. The highest BCUT2D eigenvalue weighted by molar-refractivity contribution is 7.90. The van der Waals surface area contributed by atoms with Crippen molar-refractivity contribution in [2.45, 2.75) is 43.9 Å². The molecule has 9 nitrogen and oxygen atoms in total. The number of rotatable bonds is 12. The standard InChI is InChI=1S/C27H28ClN3O6S/c1-2-3-4-7-20-16-21(17-30-24(20)27(34)35)26(33)31-38(36,37)23-8-5-6-18(15-23)13-14-29-25(32)19-9-11-22(28)12-10-19/h5-6,8-12,15-17H,2-4,7,13-14H2,1H3,(H,29,32)(H,31,33)(H,34,35)/p-1. The summed E-state index contributed by atoms with van der Waals surface area (Å²) in [6.07, 6.45) is 4.20. The van der Waals surface area contributed by atoms with E-state index in [1.165, 1.54) is 24.3 Å². The van der Waals surface area contributed by atoms with Crippen LogP contribution < -0.4 is 15.1 Å². The van der Waals surface area contributed by atoms with Crippen molar-refractivity contribution in [1.29, 1.82) is 0 Å². The maximum absolute atomic E-state index is 12.9. The fourth-order valence-corrected chi connectivity index (χ4v) is 4.88. The fraction of sp³-hybridized carbons (Fsp3) is 0.259. The first-order chi connectivity index (χ1) is 18.1. The Kier molecular flexibility index (Phi) is 9.98. The van der Waals surface area contributed by atoms with Crippen LogP contribution in [0.5, 0.6) is 0 Å². The molecule has 1 heterocycles. The molecule has 0 fully saturated rings. The third-order valence-corrected chi connectivity index (χ3v) is 7.29. The van der Waals surface area contributed by atoms with Gasteiger partial charge in [0, 0.05) is 23.3 Å². The molecule has 0 saturated carbocycles. The van der Waals surface area contributed by atoms with E-state index in [1.54, 1.807) is 30.3 Å². The second kappa shape index (κ2) is 13.2. The van der Waals surface area contributed by atoms with Crippen molar-refractivity contribution >= 4 is 39.4 Å². The highest BCUT2D eigenvalue weighted by atomic mass is 35.5. The molecule has 200 valence electrons. The summed E-state index contributed by atoms with van der Waals surface area (Å²) in [5.74, 6) is -2.68. The lowest BCUT2D eigenvalue weighted by atomic mass is 10.0. The minimum atomic E-state index is -4.23. The van der Waals surface area contributed by atoms with Crippen LogP contribution in [-0.4, -0.2) is 37.7 Å². The van der Waals surface area contributed by atoms with Gasteiger partial charge in [-0.25, -0.2) is 13.1 Å². The number of unbranched alkanes of at least 4 members (excludes halogenated alkanes) is 2. The van der Waals surface area contributed by atoms with E-state index in [0.29, 0.717) is 41.0 Å². The van der Waals surface area contributed by atoms with E-state index in [0.717, 1.165) is 19.0 Å². The van der Waals surface area contributed by atoms with Crippen molar-refractivity contribution in [2.24, 2.45) is 0 Å². The van der Waals surface area contributed by atoms with Gasteiger partial charge in [-0.1, -0.05) is 43.5 Å². The SMILES string of the molecule is CCCCCc1cc(C(=O)NS(=O)(=O)c2cccc(CCNC(=O)c3ccc(Cl)cc3)c2)cnc1C(=O)[O-]. The third kappa shape index (κ3) is 7.87. The number of nitrogens with one attached hydrogen (secondary N) is 2.